The minimum atomic E-state index is -0.870. The molecule has 1 aliphatic rings. The van der Waals surface area contributed by atoms with Crippen molar-refractivity contribution in [1.29, 1.82) is 0 Å². The van der Waals surface area contributed by atoms with Crippen molar-refractivity contribution in [3.63, 3.8) is 0 Å². The van der Waals surface area contributed by atoms with Crippen molar-refractivity contribution in [3.05, 3.63) is 139 Å². The van der Waals surface area contributed by atoms with Crippen LogP contribution in [0, 0.1) is 5.82 Å². The predicted molar refractivity (Wildman–Crippen MR) is 150 cm³/mol. The molecule has 0 bridgehead atoms. The maximum atomic E-state index is 13.9. The number of hydrogen-bond acceptors (Lipinski definition) is 6. The molecule has 0 spiro atoms. The Morgan fingerprint density at radius 3 is 2.51 bits per heavy atom. The van der Waals surface area contributed by atoms with Crippen molar-refractivity contribution in [2.75, 3.05) is 13.2 Å². The summed E-state index contributed by atoms with van der Waals surface area (Å²) in [4.78, 5) is 32.6. The van der Waals surface area contributed by atoms with Gasteiger partial charge < -0.3 is 9.47 Å². The van der Waals surface area contributed by atoms with E-state index in [1.165, 1.54) is 28.0 Å². The third-order valence-electron chi connectivity index (χ3n) is 6.12. The molecule has 0 saturated heterocycles. The number of ether oxygens (including phenoxy) is 2. The Bertz CT molecular complexity index is 1740. The third-order valence-corrected chi connectivity index (χ3v) is 7.10. The van der Waals surface area contributed by atoms with E-state index in [0.29, 0.717) is 38.5 Å². The van der Waals surface area contributed by atoms with E-state index in [0.717, 1.165) is 5.56 Å². The first-order chi connectivity index (χ1) is 19.0. The molecule has 0 radical (unpaired) electrons. The summed E-state index contributed by atoms with van der Waals surface area (Å²) in [6, 6.07) is 21.5. The van der Waals surface area contributed by atoms with Gasteiger partial charge in [-0.2, -0.15) is 0 Å². The second kappa shape index (κ2) is 11.4. The van der Waals surface area contributed by atoms with E-state index < -0.39 is 17.8 Å². The number of esters is 1. The van der Waals surface area contributed by atoms with Crippen LogP contribution in [0.5, 0.6) is 5.75 Å². The molecule has 0 amide bonds. The van der Waals surface area contributed by atoms with Crippen LogP contribution in [0.3, 0.4) is 0 Å². The molecule has 4 aromatic rings. The predicted octanol–water partition coefficient (Wildman–Crippen LogP) is 4.64. The number of benzene rings is 3. The average molecular weight is 541 g/mol. The molecule has 6 nitrogen and oxygen atoms in total. The lowest BCUT2D eigenvalue weighted by Gasteiger charge is -2.25. The van der Waals surface area contributed by atoms with E-state index in [1.54, 1.807) is 31.2 Å². The highest BCUT2D eigenvalue weighted by Crippen LogP contribution is 2.35. The summed E-state index contributed by atoms with van der Waals surface area (Å²) in [7, 11) is 0. The van der Waals surface area contributed by atoms with Crippen molar-refractivity contribution < 1.29 is 18.7 Å². The monoisotopic (exact) mass is 540 g/mol. The van der Waals surface area contributed by atoms with Gasteiger partial charge in [-0.3, -0.25) is 9.36 Å². The number of para-hydroxylation sites is 1. The van der Waals surface area contributed by atoms with Crippen LogP contribution in [0.15, 0.2) is 107 Å². The molecule has 1 aliphatic heterocycles. The first kappa shape index (κ1) is 26.1. The summed E-state index contributed by atoms with van der Waals surface area (Å²) in [6.45, 7) is 5.87. The summed E-state index contributed by atoms with van der Waals surface area (Å²) in [6.07, 6.45) is 3.40. The Kier molecular flexibility index (Phi) is 7.65. The maximum Gasteiger partial charge on any atom is 0.338 e. The lowest BCUT2D eigenvalue weighted by molar-refractivity contribution is -0.138. The van der Waals surface area contributed by atoms with E-state index in [2.05, 4.69) is 6.58 Å². The molecule has 5 rings (SSSR count). The van der Waals surface area contributed by atoms with Gasteiger partial charge in [0.15, 0.2) is 4.80 Å². The molecule has 39 heavy (non-hydrogen) atoms. The van der Waals surface area contributed by atoms with Gasteiger partial charge >= 0.3 is 5.97 Å². The molecule has 1 aromatic heterocycles. The van der Waals surface area contributed by atoms with Gasteiger partial charge in [-0.1, -0.05) is 84.7 Å². The molecular formula is C31H25FN2O4S. The SMILES string of the molecule is C=CCOc1ccccc1/C=c1/sc2n(c1=O)[C@@H](c1ccc(F)cc1)C(C(=O)OCC)=C(c1ccccc1)N=2. The minimum absolute atomic E-state index is 0.145. The first-order valence-corrected chi connectivity index (χ1v) is 13.2. The Morgan fingerprint density at radius 1 is 1.08 bits per heavy atom. The number of rotatable bonds is 8. The molecule has 8 heteroatoms. The van der Waals surface area contributed by atoms with Gasteiger partial charge in [0.25, 0.3) is 5.56 Å². The van der Waals surface area contributed by atoms with Crippen LogP contribution in [0.4, 0.5) is 4.39 Å². The summed E-state index contributed by atoms with van der Waals surface area (Å²) in [5.41, 5.74) is 2.27. The van der Waals surface area contributed by atoms with Crippen molar-refractivity contribution in [2.24, 2.45) is 4.99 Å². The Balaban J connectivity index is 1.80. The van der Waals surface area contributed by atoms with Crippen LogP contribution in [0.1, 0.15) is 29.7 Å². The van der Waals surface area contributed by atoms with E-state index in [1.807, 2.05) is 54.6 Å². The highest BCUT2D eigenvalue weighted by Gasteiger charge is 2.35. The van der Waals surface area contributed by atoms with Crippen LogP contribution in [-0.2, 0) is 9.53 Å². The Hall–Kier alpha value is -4.56. The standard InChI is InChI=1S/C31H25FN2O4S/c1-3-18-38-24-13-9-8-12-22(24)19-25-29(35)34-28(21-14-16-23(32)17-15-21)26(30(36)37-4-2)27(33-31(34)39-25)20-10-6-5-7-11-20/h3,5-17,19,28H,1,4,18H2,2H3/b25-19+/t28-/m0/s1. The van der Waals surface area contributed by atoms with Crippen molar-refractivity contribution >= 4 is 29.1 Å². The number of nitrogens with zero attached hydrogens (tertiary/aromatic N) is 2. The minimum Gasteiger partial charge on any atom is -0.489 e. The van der Waals surface area contributed by atoms with E-state index in [4.69, 9.17) is 14.5 Å². The smallest absolute Gasteiger partial charge is 0.338 e. The fraction of sp³-hybridized carbons (Fsp3) is 0.129. The second-order valence-corrected chi connectivity index (χ2v) is 9.63. The summed E-state index contributed by atoms with van der Waals surface area (Å²) in [5.74, 6) is -0.408. The lowest BCUT2D eigenvalue weighted by atomic mass is 9.93. The fourth-order valence-electron chi connectivity index (χ4n) is 4.42. The highest BCUT2D eigenvalue weighted by molar-refractivity contribution is 7.07. The number of hydrogen-bond donors (Lipinski definition) is 0. The zero-order chi connectivity index (χ0) is 27.4. The van der Waals surface area contributed by atoms with Crippen LogP contribution < -0.4 is 19.6 Å². The molecule has 3 aromatic carbocycles. The zero-order valence-corrected chi connectivity index (χ0v) is 22.0. The normalized spacial score (nSPS) is 14.9. The van der Waals surface area contributed by atoms with Gasteiger partial charge in [-0.15, -0.1) is 0 Å². The van der Waals surface area contributed by atoms with Crippen molar-refractivity contribution in [1.82, 2.24) is 4.57 Å². The van der Waals surface area contributed by atoms with Crippen LogP contribution >= 0.6 is 11.3 Å². The van der Waals surface area contributed by atoms with Gasteiger partial charge in [0, 0.05) is 11.1 Å². The summed E-state index contributed by atoms with van der Waals surface area (Å²) < 4.78 is 27.0. The van der Waals surface area contributed by atoms with Gasteiger partial charge in [0.1, 0.15) is 18.2 Å². The Labute approximate surface area is 228 Å². The van der Waals surface area contributed by atoms with Gasteiger partial charge in [0.05, 0.1) is 28.5 Å². The fourth-order valence-corrected chi connectivity index (χ4v) is 5.41. The first-order valence-electron chi connectivity index (χ1n) is 12.4. The van der Waals surface area contributed by atoms with Crippen molar-refractivity contribution in [2.45, 2.75) is 13.0 Å². The third kappa shape index (κ3) is 5.24. The second-order valence-electron chi connectivity index (χ2n) is 8.62. The molecule has 0 aliphatic carbocycles. The topological polar surface area (TPSA) is 69.9 Å². The molecule has 0 saturated carbocycles. The molecular weight excluding hydrogens is 515 g/mol. The van der Waals surface area contributed by atoms with Gasteiger partial charge in [-0.25, -0.2) is 14.2 Å². The van der Waals surface area contributed by atoms with Crippen molar-refractivity contribution in [3.8, 4) is 5.75 Å². The van der Waals surface area contributed by atoms with E-state index >= 15 is 0 Å². The Morgan fingerprint density at radius 2 is 1.79 bits per heavy atom. The zero-order valence-electron chi connectivity index (χ0n) is 21.2. The summed E-state index contributed by atoms with van der Waals surface area (Å²) >= 11 is 1.21. The van der Waals surface area contributed by atoms with Gasteiger partial charge in [-0.05, 0) is 36.8 Å². The number of aromatic nitrogens is 1. The van der Waals surface area contributed by atoms with Crippen LogP contribution in [0.25, 0.3) is 11.8 Å². The van der Waals surface area contributed by atoms with Crippen LogP contribution in [-0.4, -0.2) is 23.8 Å². The molecule has 0 N–H and O–H groups in total. The number of halogens is 1. The lowest BCUT2D eigenvalue weighted by Crippen LogP contribution is -2.40. The number of carbonyl (C=O) groups excluding carboxylic acids is 1. The maximum absolute atomic E-state index is 13.9. The molecule has 2 heterocycles. The summed E-state index contributed by atoms with van der Waals surface area (Å²) in [5, 5.41) is 0. The number of carbonyl (C=O) groups is 1. The molecule has 0 unspecified atom stereocenters. The number of fused-ring (bicyclic) bond motifs is 1. The quantitative estimate of drug-likeness (QED) is 0.241. The van der Waals surface area contributed by atoms with Gasteiger partial charge in [0.2, 0.25) is 0 Å². The largest absolute Gasteiger partial charge is 0.489 e. The highest BCUT2D eigenvalue weighted by atomic mass is 32.1. The molecule has 0 fully saturated rings. The average Bonchev–Trinajstić information content (AvgIpc) is 3.27. The number of thiazole rings is 1. The molecule has 1 atom stereocenters. The van der Waals surface area contributed by atoms with E-state index in [9.17, 15) is 14.0 Å². The van der Waals surface area contributed by atoms with Crippen LogP contribution in [0.2, 0.25) is 0 Å². The van der Waals surface area contributed by atoms with E-state index in [-0.39, 0.29) is 17.7 Å². The molecule has 196 valence electrons.